The second-order valence-corrected chi connectivity index (χ2v) is 6.72. The van der Waals surface area contributed by atoms with Gasteiger partial charge in [0.1, 0.15) is 12.4 Å². The summed E-state index contributed by atoms with van der Waals surface area (Å²) in [6, 6.07) is 15.6. The van der Waals surface area contributed by atoms with E-state index in [0.29, 0.717) is 25.3 Å². The van der Waals surface area contributed by atoms with Gasteiger partial charge in [0.2, 0.25) is 0 Å². The zero-order valence-corrected chi connectivity index (χ0v) is 15.6. The molecular formula is C22H27NO3. The molecule has 26 heavy (non-hydrogen) atoms. The van der Waals surface area contributed by atoms with Crippen LogP contribution in [0.25, 0.3) is 0 Å². The highest BCUT2D eigenvalue weighted by molar-refractivity contribution is 5.94. The molecule has 1 saturated heterocycles. The standard InChI is InChI=1S/C22H27NO3/c1-3-23(15-19-8-5-4-7-17(19)2)22(24)18-10-12-20(13-11-18)26-16-21-9-6-14-25-21/h4-5,7-8,10-13,21H,3,6,9,14-16H2,1-2H3. The molecule has 1 heterocycles. The number of ether oxygens (including phenoxy) is 2. The fourth-order valence-corrected chi connectivity index (χ4v) is 3.16. The average molecular weight is 353 g/mol. The minimum atomic E-state index is 0.0430. The SMILES string of the molecule is CCN(Cc1ccccc1C)C(=O)c1ccc(OCC2CCCO2)cc1. The van der Waals surface area contributed by atoms with E-state index in [0.717, 1.165) is 25.2 Å². The highest BCUT2D eigenvalue weighted by Crippen LogP contribution is 2.18. The fourth-order valence-electron chi connectivity index (χ4n) is 3.16. The van der Waals surface area contributed by atoms with Crippen LogP contribution in [0.1, 0.15) is 41.3 Å². The van der Waals surface area contributed by atoms with E-state index in [-0.39, 0.29) is 12.0 Å². The molecule has 1 fully saturated rings. The molecule has 0 aliphatic carbocycles. The second kappa shape index (κ2) is 8.86. The number of benzene rings is 2. The van der Waals surface area contributed by atoms with Crippen LogP contribution in [0.4, 0.5) is 0 Å². The summed E-state index contributed by atoms with van der Waals surface area (Å²) in [7, 11) is 0. The van der Waals surface area contributed by atoms with Gasteiger partial charge in [0.15, 0.2) is 0 Å². The van der Waals surface area contributed by atoms with Gasteiger partial charge in [-0.2, -0.15) is 0 Å². The molecule has 1 aliphatic rings. The van der Waals surface area contributed by atoms with Crippen LogP contribution in [-0.2, 0) is 11.3 Å². The highest BCUT2D eigenvalue weighted by Gasteiger charge is 2.17. The minimum absolute atomic E-state index is 0.0430. The van der Waals surface area contributed by atoms with E-state index in [2.05, 4.69) is 19.1 Å². The van der Waals surface area contributed by atoms with E-state index in [1.165, 1.54) is 11.1 Å². The summed E-state index contributed by atoms with van der Waals surface area (Å²) >= 11 is 0. The smallest absolute Gasteiger partial charge is 0.254 e. The molecule has 0 aromatic heterocycles. The van der Waals surface area contributed by atoms with Crippen molar-refractivity contribution in [2.75, 3.05) is 19.8 Å². The van der Waals surface area contributed by atoms with Crippen LogP contribution in [0.15, 0.2) is 48.5 Å². The fraction of sp³-hybridized carbons (Fsp3) is 0.409. The van der Waals surface area contributed by atoms with Crippen molar-refractivity contribution < 1.29 is 14.3 Å². The second-order valence-electron chi connectivity index (χ2n) is 6.72. The van der Waals surface area contributed by atoms with Crippen LogP contribution < -0.4 is 4.74 Å². The highest BCUT2D eigenvalue weighted by atomic mass is 16.5. The van der Waals surface area contributed by atoms with Crippen molar-refractivity contribution in [3.05, 3.63) is 65.2 Å². The summed E-state index contributed by atoms with van der Waals surface area (Å²) in [5.41, 5.74) is 3.07. The third-order valence-corrected chi connectivity index (χ3v) is 4.85. The summed E-state index contributed by atoms with van der Waals surface area (Å²) in [6.07, 6.45) is 2.36. The Labute approximate surface area is 155 Å². The van der Waals surface area contributed by atoms with Crippen molar-refractivity contribution in [3.8, 4) is 5.75 Å². The predicted molar refractivity (Wildman–Crippen MR) is 103 cm³/mol. The van der Waals surface area contributed by atoms with E-state index in [1.54, 1.807) is 0 Å². The molecule has 2 aromatic carbocycles. The van der Waals surface area contributed by atoms with Crippen LogP contribution >= 0.6 is 0 Å². The Morgan fingerprint density at radius 1 is 1.19 bits per heavy atom. The topological polar surface area (TPSA) is 38.8 Å². The Morgan fingerprint density at radius 3 is 2.62 bits per heavy atom. The summed E-state index contributed by atoms with van der Waals surface area (Å²) in [5.74, 6) is 0.820. The maximum Gasteiger partial charge on any atom is 0.254 e. The average Bonchev–Trinajstić information content (AvgIpc) is 3.19. The Hall–Kier alpha value is -2.33. The molecule has 0 saturated carbocycles. The molecule has 4 nitrogen and oxygen atoms in total. The molecule has 1 aliphatic heterocycles. The number of nitrogens with zero attached hydrogens (tertiary/aromatic N) is 1. The number of carbonyl (C=O) groups excluding carboxylic acids is 1. The number of hydrogen-bond acceptors (Lipinski definition) is 3. The van der Waals surface area contributed by atoms with Crippen molar-refractivity contribution in [3.63, 3.8) is 0 Å². The van der Waals surface area contributed by atoms with Gasteiger partial charge in [0.05, 0.1) is 6.10 Å². The van der Waals surface area contributed by atoms with Crippen LogP contribution in [0.5, 0.6) is 5.75 Å². The third kappa shape index (κ3) is 4.64. The van der Waals surface area contributed by atoms with Gasteiger partial charge in [-0.05, 0) is 62.1 Å². The first kappa shape index (κ1) is 18.5. The van der Waals surface area contributed by atoms with Crippen LogP contribution in [0.3, 0.4) is 0 Å². The molecule has 0 spiro atoms. The summed E-state index contributed by atoms with van der Waals surface area (Å²) in [6.45, 7) is 6.78. The maximum absolute atomic E-state index is 12.8. The zero-order chi connectivity index (χ0) is 18.4. The van der Waals surface area contributed by atoms with Crippen LogP contribution in [0, 0.1) is 6.92 Å². The number of amides is 1. The van der Waals surface area contributed by atoms with Gasteiger partial charge < -0.3 is 14.4 Å². The number of rotatable bonds is 7. The molecule has 138 valence electrons. The Bertz CT molecular complexity index is 720. The number of hydrogen-bond donors (Lipinski definition) is 0. The van der Waals surface area contributed by atoms with Crippen LogP contribution in [0.2, 0.25) is 0 Å². The number of aryl methyl sites for hydroxylation is 1. The van der Waals surface area contributed by atoms with Gasteiger partial charge in [-0.15, -0.1) is 0 Å². The molecular weight excluding hydrogens is 326 g/mol. The normalized spacial score (nSPS) is 16.5. The largest absolute Gasteiger partial charge is 0.491 e. The van der Waals surface area contributed by atoms with Crippen molar-refractivity contribution in [1.82, 2.24) is 4.90 Å². The monoisotopic (exact) mass is 353 g/mol. The van der Waals surface area contributed by atoms with Gasteiger partial charge in [-0.1, -0.05) is 24.3 Å². The molecule has 1 amide bonds. The maximum atomic E-state index is 12.8. The van der Waals surface area contributed by atoms with Crippen LogP contribution in [-0.4, -0.2) is 36.7 Å². The molecule has 0 radical (unpaired) electrons. The lowest BCUT2D eigenvalue weighted by molar-refractivity contribution is 0.0678. The molecule has 1 unspecified atom stereocenters. The lowest BCUT2D eigenvalue weighted by Crippen LogP contribution is -2.30. The molecule has 2 aromatic rings. The molecule has 4 heteroatoms. The van der Waals surface area contributed by atoms with E-state index < -0.39 is 0 Å². The minimum Gasteiger partial charge on any atom is -0.491 e. The predicted octanol–water partition coefficient (Wildman–Crippen LogP) is 4.22. The van der Waals surface area contributed by atoms with E-state index in [9.17, 15) is 4.79 Å². The molecule has 1 atom stereocenters. The quantitative estimate of drug-likeness (QED) is 0.748. The van der Waals surface area contributed by atoms with E-state index in [4.69, 9.17) is 9.47 Å². The Morgan fingerprint density at radius 2 is 1.96 bits per heavy atom. The Kier molecular flexibility index (Phi) is 6.29. The summed E-state index contributed by atoms with van der Waals surface area (Å²) in [4.78, 5) is 14.7. The van der Waals surface area contributed by atoms with E-state index in [1.807, 2.05) is 48.2 Å². The lowest BCUT2D eigenvalue weighted by atomic mass is 10.1. The molecule has 3 rings (SSSR count). The zero-order valence-electron chi connectivity index (χ0n) is 15.6. The molecule has 0 bridgehead atoms. The molecule has 0 N–H and O–H groups in total. The first-order valence-corrected chi connectivity index (χ1v) is 9.35. The first-order valence-electron chi connectivity index (χ1n) is 9.35. The van der Waals surface area contributed by atoms with Crippen molar-refractivity contribution in [2.45, 2.75) is 39.3 Å². The van der Waals surface area contributed by atoms with E-state index >= 15 is 0 Å². The van der Waals surface area contributed by atoms with Gasteiger partial charge in [0, 0.05) is 25.3 Å². The summed E-state index contributed by atoms with van der Waals surface area (Å²) in [5, 5.41) is 0. The lowest BCUT2D eigenvalue weighted by Gasteiger charge is -2.22. The van der Waals surface area contributed by atoms with Crippen molar-refractivity contribution in [2.24, 2.45) is 0 Å². The van der Waals surface area contributed by atoms with Gasteiger partial charge in [-0.3, -0.25) is 4.79 Å². The van der Waals surface area contributed by atoms with Gasteiger partial charge in [-0.25, -0.2) is 0 Å². The van der Waals surface area contributed by atoms with Gasteiger partial charge >= 0.3 is 0 Å². The number of carbonyl (C=O) groups is 1. The van der Waals surface area contributed by atoms with Gasteiger partial charge in [0.25, 0.3) is 5.91 Å². The summed E-state index contributed by atoms with van der Waals surface area (Å²) < 4.78 is 11.3. The first-order chi connectivity index (χ1) is 12.7. The van der Waals surface area contributed by atoms with Crippen molar-refractivity contribution >= 4 is 5.91 Å². The third-order valence-electron chi connectivity index (χ3n) is 4.85. The Balaban J connectivity index is 1.61. The van der Waals surface area contributed by atoms with Crippen molar-refractivity contribution in [1.29, 1.82) is 0 Å².